The highest BCUT2D eigenvalue weighted by Crippen LogP contribution is 2.30. The summed E-state index contributed by atoms with van der Waals surface area (Å²) in [5, 5.41) is 3.68. The van der Waals surface area contributed by atoms with Gasteiger partial charge in [0, 0.05) is 24.0 Å². The minimum Gasteiger partial charge on any atom is -0.459 e. The maximum absolute atomic E-state index is 13.5. The van der Waals surface area contributed by atoms with Gasteiger partial charge in [-0.3, -0.25) is 9.59 Å². The second kappa shape index (κ2) is 7.32. The number of fused-ring (bicyclic) bond motifs is 1. The molecule has 1 saturated heterocycles. The maximum Gasteiger partial charge on any atom is 0.245 e. The zero-order valence-electron chi connectivity index (χ0n) is 15.0. The standard InChI is InChI=1S/C20H23FN2O3/c1-4-18(24)23-9-5-6-14(11-23)20(25)22-13(3)19-12(2)16-10-15(21)7-8-17(16)26-19/h4,7-8,10,13-14H,1,5-6,9,11H2,2-3H3,(H,22,25). The van der Waals surface area contributed by atoms with Crippen molar-refractivity contribution in [3.05, 3.63) is 48.0 Å². The van der Waals surface area contributed by atoms with E-state index in [2.05, 4.69) is 11.9 Å². The molecule has 0 saturated carbocycles. The third kappa shape index (κ3) is 3.49. The molecule has 2 amide bonds. The van der Waals surface area contributed by atoms with Crippen LogP contribution >= 0.6 is 0 Å². The Labute approximate surface area is 151 Å². The van der Waals surface area contributed by atoms with Crippen molar-refractivity contribution in [2.45, 2.75) is 32.7 Å². The molecule has 0 radical (unpaired) electrons. The van der Waals surface area contributed by atoms with E-state index in [-0.39, 0.29) is 29.6 Å². The summed E-state index contributed by atoms with van der Waals surface area (Å²) in [7, 11) is 0. The molecule has 0 bridgehead atoms. The van der Waals surface area contributed by atoms with Crippen molar-refractivity contribution in [2.75, 3.05) is 13.1 Å². The smallest absolute Gasteiger partial charge is 0.245 e. The Morgan fingerprint density at radius 2 is 2.23 bits per heavy atom. The summed E-state index contributed by atoms with van der Waals surface area (Å²) in [5.74, 6) is -0.208. The van der Waals surface area contributed by atoms with Gasteiger partial charge in [-0.1, -0.05) is 6.58 Å². The molecule has 0 aliphatic carbocycles. The minimum atomic E-state index is -0.344. The van der Waals surface area contributed by atoms with E-state index in [4.69, 9.17) is 4.42 Å². The minimum absolute atomic E-state index is 0.106. The van der Waals surface area contributed by atoms with Crippen LogP contribution in [0.3, 0.4) is 0 Å². The summed E-state index contributed by atoms with van der Waals surface area (Å²) < 4.78 is 19.3. The topological polar surface area (TPSA) is 62.6 Å². The van der Waals surface area contributed by atoms with E-state index >= 15 is 0 Å². The molecule has 1 aliphatic rings. The Kier molecular flexibility index (Phi) is 5.11. The first-order valence-corrected chi connectivity index (χ1v) is 8.81. The highest BCUT2D eigenvalue weighted by atomic mass is 19.1. The largest absolute Gasteiger partial charge is 0.459 e. The zero-order chi connectivity index (χ0) is 18.8. The first kappa shape index (κ1) is 18.2. The van der Waals surface area contributed by atoms with E-state index in [9.17, 15) is 14.0 Å². The number of likely N-dealkylation sites (tertiary alicyclic amines) is 1. The van der Waals surface area contributed by atoms with Crippen molar-refractivity contribution in [2.24, 2.45) is 5.92 Å². The first-order valence-electron chi connectivity index (χ1n) is 8.81. The average Bonchev–Trinajstić information content (AvgIpc) is 2.97. The number of rotatable bonds is 4. The van der Waals surface area contributed by atoms with Gasteiger partial charge in [0.15, 0.2) is 0 Å². The molecular formula is C20H23FN2O3. The second-order valence-corrected chi connectivity index (χ2v) is 6.79. The van der Waals surface area contributed by atoms with E-state index in [1.165, 1.54) is 18.2 Å². The molecule has 2 atom stereocenters. The maximum atomic E-state index is 13.5. The molecule has 3 rings (SSSR count). The average molecular weight is 358 g/mol. The van der Waals surface area contributed by atoms with Gasteiger partial charge in [0.25, 0.3) is 0 Å². The van der Waals surface area contributed by atoms with Crippen LogP contribution in [0.1, 0.15) is 37.1 Å². The number of amides is 2. The van der Waals surface area contributed by atoms with Crippen molar-refractivity contribution in [1.29, 1.82) is 0 Å². The Morgan fingerprint density at radius 1 is 1.46 bits per heavy atom. The predicted molar refractivity (Wildman–Crippen MR) is 97.0 cm³/mol. The van der Waals surface area contributed by atoms with E-state index < -0.39 is 0 Å². The molecule has 6 heteroatoms. The molecule has 1 fully saturated rings. The van der Waals surface area contributed by atoms with Gasteiger partial charge in [-0.25, -0.2) is 4.39 Å². The van der Waals surface area contributed by atoms with Gasteiger partial charge < -0.3 is 14.6 Å². The number of furan rings is 1. The fourth-order valence-corrected chi connectivity index (χ4v) is 3.54. The zero-order valence-corrected chi connectivity index (χ0v) is 15.0. The fourth-order valence-electron chi connectivity index (χ4n) is 3.54. The van der Waals surface area contributed by atoms with Crippen LogP contribution in [0.5, 0.6) is 0 Å². The van der Waals surface area contributed by atoms with Gasteiger partial charge in [-0.15, -0.1) is 0 Å². The Balaban J connectivity index is 1.72. The number of piperidine rings is 1. The molecule has 26 heavy (non-hydrogen) atoms. The van der Waals surface area contributed by atoms with Gasteiger partial charge in [0.05, 0.1) is 12.0 Å². The van der Waals surface area contributed by atoms with Crippen molar-refractivity contribution in [3.8, 4) is 0 Å². The number of nitrogens with zero attached hydrogens (tertiary/aromatic N) is 1. The van der Waals surface area contributed by atoms with E-state index in [0.29, 0.717) is 29.8 Å². The summed E-state index contributed by atoms with van der Waals surface area (Å²) in [6, 6.07) is 4.04. The number of hydrogen-bond acceptors (Lipinski definition) is 3. The summed E-state index contributed by atoms with van der Waals surface area (Å²) in [6.07, 6.45) is 2.80. The number of carbonyl (C=O) groups excluding carboxylic acids is 2. The molecule has 0 spiro atoms. The second-order valence-electron chi connectivity index (χ2n) is 6.79. The summed E-state index contributed by atoms with van der Waals surface area (Å²) in [4.78, 5) is 26.1. The highest BCUT2D eigenvalue weighted by molar-refractivity contribution is 5.88. The lowest BCUT2D eigenvalue weighted by molar-refractivity contribution is -0.132. The number of benzene rings is 1. The quantitative estimate of drug-likeness (QED) is 0.851. The van der Waals surface area contributed by atoms with Gasteiger partial charge in [0.2, 0.25) is 11.8 Å². The van der Waals surface area contributed by atoms with E-state index in [1.54, 1.807) is 11.0 Å². The number of nitrogens with one attached hydrogen (secondary N) is 1. The highest BCUT2D eigenvalue weighted by Gasteiger charge is 2.29. The number of carbonyl (C=O) groups is 2. The van der Waals surface area contributed by atoms with Crippen LogP contribution in [-0.4, -0.2) is 29.8 Å². The molecule has 5 nitrogen and oxygen atoms in total. The lowest BCUT2D eigenvalue weighted by Gasteiger charge is -2.31. The van der Waals surface area contributed by atoms with Crippen LogP contribution in [0, 0.1) is 18.7 Å². The molecular weight excluding hydrogens is 335 g/mol. The van der Waals surface area contributed by atoms with Gasteiger partial charge in [-0.2, -0.15) is 0 Å². The third-order valence-electron chi connectivity index (χ3n) is 4.97. The van der Waals surface area contributed by atoms with Crippen molar-refractivity contribution < 1.29 is 18.4 Å². The number of aryl methyl sites for hydroxylation is 1. The van der Waals surface area contributed by atoms with Gasteiger partial charge in [0.1, 0.15) is 17.2 Å². The van der Waals surface area contributed by atoms with Crippen molar-refractivity contribution in [1.82, 2.24) is 10.2 Å². The fraction of sp³-hybridized carbons (Fsp3) is 0.400. The van der Waals surface area contributed by atoms with Crippen LogP contribution in [-0.2, 0) is 9.59 Å². The summed E-state index contributed by atoms with van der Waals surface area (Å²) in [5.41, 5.74) is 1.42. The van der Waals surface area contributed by atoms with Crippen LogP contribution in [0.25, 0.3) is 11.0 Å². The summed E-state index contributed by atoms with van der Waals surface area (Å²) >= 11 is 0. The SMILES string of the molecule is C=CC(=O)N1CCCC(C(=O)NC(C)c2oc3ccc(F)cc3c2C)C1. The number of hydrogen-bond donors (Lipinski definition) is 1. The third-order valence-corrected chi connectivity index (χ3v) is 4.97. The van der Waals surface area contributed by atoms with Crippen molar-refractivity contribution in [3.63, 3.8) is 0 Å². The van der Waals surface area contributed by atoms with E-state index in [1.807, 2.05) is 13.8 Å². The molecule has 2 heterocycles. The first-order chi connectivity index (χ1) is 12.4. The lowest BCUT2D eigenvalue weighted by atomic mass is 9.96. The van der Waals surface area contributed by atoms with Gasteiger partial charge in [-0.05, 0) is 51.0 Å². The molecule has 2 aromatic rings. The molecule has 1 aromatic carbocycles. The molecule has 2 unspecified atom stereocenters. The monoisotopic (exact) mass is 358 g/mol. The van der Waals surface area contributed by atoms with Crippen LogP contribution in [0.4, 0.5) is 4.39 Å². The van der Waals surface area contributed by atoms with Crippen LogP contribution in [0.2, 0.25) is 0 Å². The Hall–Kier alpha value is -2.63. The van der Waals surface area contributed by atoms with Gasteiger partial charge >= 0.3 is 0 Å². The van der Waals surface area contributed by atoms with Crippen LogP contribution < -0.4 is 5.32 Å². The Morgan fingerprint density at radius 3 is 2.96 bits per heavy atom. The van der Waals surface area contributed by atoms with Crippen LogP contribution in [0.15, 0.2) is 35.3 Å². The lowest BCUT2D eigenvalue weighted by Crippen LogP contribution is -2.45. The summed E-state index contributed by atoms with van der Waals surface area (Å²) in [6.45, 7) is 8.24. The van der Waals surface area contributed by atoms with E-state index in [0.717, 1.165) is 18.4 Å². The normalized spacial score (nSPS) is 18.6. The molecule has 1 N–H and O–H groups in total. The van der Waals surface area contributed by atoms with Crippen molar-refractivity contribution >= 4 is 22.8 Å². The molecule has 1 aromatic heterocycles. The number of halogens is 1. The molecule has 138 valence electrons. The molecule has 1 aliphatic heterocycles. The predicted octanol–water partition coefficient (Wildman–Crippen LogP) is 3.48. The Bertz CT molecular complexity index is 858.